The van der Waals surface area contributed by atoms with Gasteiger partial charge < -0.3 is 20.1 Å². The zero-order valence-corrected chi connectivity index (χ0v) is 23.6. The number of anilines is 1. The van der Waals surface area contributed by atoms with Crippen LogP contribution in [0.1, 0.15) is 39.6 Å². The third-order valence-corrected chi connectivity index (χ3v) is 8.16. The minimum absolute atomic E-state index is 0.0565. The molecule has 2 aromatic heterocycles. The number of carbonyl (C=O) groups excluding carboxylic acids is 2. The molecule has 1 aliphatic rings. The van der Waals surface area contributed by atoms with E-state index in [2.05, 4.69) is 20.2 Å². The van der Waals surface area contributed by atoms with Crippen molar-refractivity contribution in [1.29, 1.82) is 0 Å². The van der Waals surface area contributed by atoms with Crippen LogP contribution in [-0.4, -0.2) is 75.6 Å². The highest BCUT2D eigenvalue weighted by molar-refractivity contribution is 7.20. The summed E-state index contributed by atoms with van der Waals surface area (Å²) < 4.78 is 7.54. The number of carbonyl (C=O) groups is 2. The van der Waals surface area contributed by atoms with E-state index in [1.165, 1.54) is 11.3 Å². The molecule has 2 aromatic carbocycles. The highest BCUT2D eigenvalue weighted by atomic mass is 32.1. The fourth-order valence-electron chi connectivity index (χ4n) is 4.88. The summed E-state index contributed by atoms with van der Waals surface area (Å²) in [5.41, 5.74) is 2.64. The normalized spacial score (nSPS) is 18.1. The predicted molar refractivity (Wildman–Crippen MR) is 156 cm³/mol. The second-order valence-corrected chi connectivity index (χ2v) is 11.3. The number of aromatic nitrogens is 2. The molecule has 40 heavy (non-hydrogen) atoms. The van der Waals surface area contributed by atoms with Gasteiger partial charge in [0.05, 0.1) is 34.1 Å². The van der Waals surface area contributed by atoms with Gasteiger partial charge in [0, 0.05) is 37.9 Å². The second-order valence-electron chi connectivity index (χ2n) is 10.3. The minimum Gasteiger partial charge on any atom is -0.486 e. The Morgan fingerprint density at radius 3 is 2.73 bits per heavy atom. The molecular formula is C30H33N5O4S. The van der Waals surface area contributed by atoms with Crippen molar-refractivity contribution in [2.24, 2.45) is 5.92 Å². The van der Waals surface area contributed by atoms with Gasteiger partial charge in [-0.15, -0.1) is 11.3 Å². The maximum atomic E-state index is 13.7. The SMILES string of the molecule is C[C@@H]1CN([C@@H](C)CO)C(=O)c2cccc(NC(=O)c3nc4ccccc4s3)c2O[C@@H]1CN(C)Cc1ccncc1. The van der Waals surface area contributed by atoms with E-state index in [0.717, 1.165) is 15.8 Å². The number of fused-ring (bicyclic) bond motifs is 2. The van der Waals surface area contributed by atoms with Gasteiger partial charge in [0.25, 0.3) is 11.8 Å². The summed E-state index contributed by atoms with van der Waals surface area (Å²) in [5.74, 6) is -0.347. The molecule has 10 heteroatoms. The summed E-state index contributed by atoms with van der Waals surface area (Å²) in [7, 11) is 2.02. The molecule has 1 aliphatic heterocycles. The van der Waals surface area contributed by atoms with E-state index in [0.29, 0.717) is 41.6 Å². The Labute approximate surface area is 237 Å². The zero-order chi connectivity index (χ0) is 28.2. The average Bonchev–Trinajstić information content (AvgIpc) is 3.40. The van der Waals surface area contributed by atoms with Crippen molar-refractivity contribution in [2.45, 2.75) is 32.5 Å². The highest BCUT2D eigenvalue weighted by Crippen LogP contribution is 2.35. The maximum absolute atomic E-state index is 13.7. The quantitative estimate of drug-likeness (QED) is 0.332. The number of ether oxygens (including phenoxy) is 1. The van der Waals surface area contributed by atoms with Gasteiger partial charge in [-0.1, -0.05) is 25.1 Å². The van der Waals surface area contributed by atoms with Crippen LogP contribution in [0, 0.1) is 5.92 Å². The molecule has 2 N–H and O–H groups in total. The van der Waals surface area contributed by atoms with Gasteiger partial charge in [0.2, 0.25) is 0 Å². The smallest absolute Gasteiger partial charge is 0.284 e. The molecule has 0 spiro atoms. The van der Waals surface area contributed by atoms with Crippen LogP contribution < -0.4 is 10.1 Å². The first-order chi connectivity index (χ1) is 19.3. The molecule has 0 radical (unpaired) electrons. The lowest BCUT2D eigenvalue weighted by Crippen LogP contribution is -2.49. The Balaban J connectivity index is 1.47. The molecule has 0 saturated heterocycles. The number of pyridine rings is 1. The van der Waals surface area contributed by atoms with Gasteiger partial charge in [-0.25, -0.2) is 4.98 Å². The van der Waals surface area contributed by atoms with Crippen molar-refractivity contribution >= 4 is 39.1 Å². The van der Waals surface area contributed by atoms with E-state index in [-0.39, 0.29) is 36.5 Å². The molecule has 0 fully saturated rings. The first kappa shape index (κ1) is 27.7. The molecule has 2 amide bonds. The van der Waals surface area contributed by atoms with Crippen LogP contribution in [-0.2, 0) is 6.54 Å². The van der Waals surface area contributed by atoms with E-state index in [9.17, 15) is 14.7 Å². The number of hydrogen-bond donors (Lipinski definition) is 2. The second kappa shape index (κ2) is 12.1. The van der Waals surface area contributed by atoms with Crippen molar-refractivity contribution < 1.29 is 19.4 Å². The molecule has 3 heterocycles. The van der Waals surface area contributed by atoms with Crippen LogP contribution in [0.3, 0.4) is 0 Å². The Morgan fingerprint density at radius 2 is 1.98 bits per heavy atom. The minimum atomic E-state index is -0.378. The van der Waals surface area contributed by atoms with Gasteiger partial charge >= 0.3 is 0 Å². The molecule has 4 aromatic rings. The van der Waals surface area contributed by atoms with Gasteiger partial charge in [0.15, 0.2) is 10.8 Å². The number of rotatable bonds is 8. The number of likely N-dealkylation sites (N-methyl/N-ethyl adjacent to an activating group) is 1. The van der Waals surface area contributed by atoms with E-state index in [4.69, 9.17) is 4.74 Å². The highest BCUT2D eigenvalue weighted by Gasteiger charge is 2.34. The summed E-state index contributed by atoms with van der Waals surface area (Å²) in [6.45, 7) is 5.43. The summed E-state index contributed by atoms with van der Waals surface area (Å²) in [4.78, 5) is 39.5. The third kappa shape index (κ3) is 5.99. The lowest BCUT2D eigenvalue weighted by molar-refractivity contribution is 0.0343. The van der Waals surface area contributed by atoms with Crippen molar-refractivity contribution in [1.82, 2.24) is 19.8 Å². The van der Waals surface area contributed by atoms with E-state index >= 15 is 0 Å². The molecule has 208 valence electrons. The predicted octanol–water partition coefficient (Wildman–Crippen LogP) is 4.30. The fraction of sp³-hybridized carbons (Fsp3) is 0.333. The maximum Gasteiger partial charge on any atom is 0.284 e. The average molecular weight is 560 g/mol. The van der Waals surface area contributed by atoms with Gasteiger partial charge in [-0.05, 0) is 55.9 Å². The molecule has 3 atom stereocenters. The van der Waals surface area contributed by atoms with E-state index in [1.807, 2.05) is 57.3 Å². The molecular weight excluding hydrogens is 526 g/mol. The third-order valence-electron chi connectivity index (χ3n) is 7.12. The van der Waals surface area contributed by atoms with Crippen LogP contribution in [0.4, 0.5) is 5.69 Å². The van der Waals surface area contributed by atoms with Crippen molar-refractivity contribution in [3.8, 4) is 5.75 Å². The van der Waals surface area contributed by atoms with Gasteiger partial charge in [-0.3, -0.25) is 19.5 Å². The number of benzene rings is 2. The first-order valence-corrected chi connectivity index (χ1v) is 14.1. The van der Waals surface area contributed by atoms with Crippen LogP contribution in [0.2, 0.25) is 0 Å². The summed E-state index contributed by atoms with van der Waals surface area (Å²) in [5, 5.41) is 13.2. The van der Waals surface area contributed by atoms with Crippen molar-refractivity contribution in [3.05, 3.63) is 83.1 Å². The topological polar surface area (TPSA) is 108 Å². The molecule has 0 unspecified atom stereocenters. The van der Waals surface area contributed by atoms with Crippen molar-refractivity contribution in [2.75, 3.05) is 32.1 Å². The fourth-order valence-corrected chi connectivity index (χ4v) is 5.74. The molecule has 0 aliphatic carbocycles. The largest absolute Gasteiger partial charge is 0.486 e. The van der Waals surface area contributed by atoms with Gasteiger partial charge in [0.1, 0.15) is 6.10 Å². The number of amides is 2. The van der Waals surface area contributed by atoms with E-state index < -0.39 is 0 Å². The number of para-hydroxylation sites is 2. The lowest BCUT2D eigenvalue weighted by Gasteiger charge is -2.38. The molecule has 0 saturated carbocycles. The van der Waals surface area contributed by atoms with Gasteiger partial charge in [-0.2, -0.15) is 0 Å². The van der Waals surface area contributed by atoms with Crippen LogP contribution >= 0.6 is 11.3 Å². The number of nitrogens with zero attached hydrogens (tertiary/aromatic N) is 4. The Kier molecular flexibility index (Phi) is 8.39. The summed E-state index contributed by atoms with van der Waals surface area (Å²) in [6.07, 6.45) is 3.25. The lowest BCUT2D eigenvalue weighted by atomic mass is 9.99. The number of nitrogens with one attached hydrogen (secondary N) is 1. The standard InChI is InChI=1S/C30H33N5O4S/c1-19-15-35(20(2)18-36)30(38)22-7-6-9-24(32-28(37)29-33-23-8-4-5-10-26(23)40-29)27(22)39-25(19)17-34(3)16-21-11-13-31-14-12-21/h4-14,19-20,25,36H,15-18H2,1-3H3,(H,32,37)/t19-,20+,25-/m1/s1. The molecule has 9 nitrogen and oxygen atoms in total. The zero-order valence-electron chi connectivity index (χ0n) is 22.8. The van der Waals surface area contributed by atoms with Crippen molar-refractivity contribution in [3.63, 3.8) is 0 Å². The van der Waals surface area contributed by atoms with E-state index in [1.54, 1.807) is 35.5 Å². The summed E-state index contributed by atoms with van der Waals surface area (Å²) in [6, 6.07) is 16.3. The number of aliphatic hydroxyl groups is 1. The number of aliphatic hydroxyl groups excluding tert-OH is 1. The Morgan fingerprint density at radius 1 is 1.20 bits per heavy atom. The van der Waals surface area contributed by atoms with Crippen LogP contribution in [0.25, 0.3) is 10.2 Å². The molecule has 0 bridgehead atoms. The Bertz CT molecular complexity index is 1460. The van der Waals surface area contributed by atoms with Crippen LogP contribution in [0.5, 0.6) is 5.75 Å². The summed E-state index contributed by atoms with van der Waals surface area (Å²) >= 11 is 1.31. The monoisotopic (exact) mass is 559 g/mol. The first-order valence-electron chi connectivity index (χ1n) is 13.3. The van der Waals surface area contributed by atoms with Crippen LogP contribution in [0.15, 0.2) is 67.0 Å². The Hall–Kier alpha value is -3.86. The number of thiazole rings is 1. The number of hydrogen-bond acceptors (Lipinski definition) is 8. The molecule has 5 rings (SSSR count).